The van der Waals surface area contributed by atoms with Crippen LogP contribution in [0.15, 0.2) is 16.6 Å². The minimum absolute atomic E-state index is 0.0158. The van der Waals surface area contributed by atoms with E-state index in [9.17, 15) is 4.39 Å². The van der Waals surface area contributed by atoms with Crippen molar-refractivity contribution in [1.82, 2.24) is 5.32 Å². The van der Waals surface area contributed by atoms with Gasteiger partial charge in [0.2, 0.25) is 0 Å². The molecule has 0 bridgehead atoms. The quantitative estimate of drug-likeness (QED) is 0.485. The van der Waals surface area contributed by atoms with Gasteiger partial charge in [0.15, 0.2) is 0 Å². The monoisotopic (exact) mass is 367 g/mol. The second-order valence-electron chi connectivity index (χ2n) is 4.35. The van der Waals surface area contributed by atoms with E-state index in [1.165, 1.54) is 0 Å². The van der Waals surface area contributed by atoms with Crippen molar-refractivity contribution in [3.05, 3.63) is 33.0 Å². The fraction of sp³-hybridized carbons (Fsp3) is 0.571. The lowest BCUT2D eigenvalue weighted by molar-refractivity contribution is 0.532. The molecule has 5 heteroatoms. The zero-order valence-corrected chi connectivity index (χ0v) is 14.5. The Morgan fingerprint density at radius 2 is 2.11 bits per heavy atom. The summed E-state index contributed by atoms with van der Waals surface area (Å²) in [5.74, 6) is 1.64. The highest BCUT2D eigenvalue weighted by molar-refractivity contribution is 9.10. The van der Waals surface area contributed by atoms with Crippen molar-refractivity contribution < 1.29 is 4.39 Å². The summed E-state index contributed by atoms with van der Waals surface area (Å²) in [6.45, 7) is 5.14. The zero-order chi connectivity index (χ0) is 14.3. The maximum Gasteiger partial charge on any atom is 0.147 e. The lowest BCUT2D eigenvalue weighted by Crippen LogP contribution is -2.25. The van der Waals surface area contributed by atoms with Gasteiger partial charge in [0.1, 0.15) is 5.82 Å². The molecule has 0 aliphatic rings. The topological polar surface area (TPSA) is 12.0 Å². The second kappa shape index (κ2) is 9.22. The Kier molecular flexibility index (Phi) is 8.38. The normalized spacial score (nSPS) is 12.7. The Hall–Kier alpha value is 0.230. The van der Waals surface area contributed by atoms with Gasteiger partial charge < -0.3 is 5.32 Å². The summed E-state index contributed by atoms with van der Waals surface area (Å²) in [7, 11) is 0. The number of nitrogens with one attached hydrogen (secondary N) is 1. The van der Waals surface area contributed by atoms with Gasteiger partial charge in [0.05, 0.1) is 5.02 Å². The van der Waals surface area contributed by atoms with Gasteiger partial charge in [-0.1, -0.05) is 31.5 Å². The lowest BCUT2D eigenvalue weighted by Gasteiger charge is -2.20. The van der Waals surface area contributed by atoms with Crippen LogP contribution in [0.25, 0.3) is 0 Å². The molecule has 0 aromatic heterocycles. The number of rotatable bonds is 8. The number of benzene rings is 1. The number of hydrogen-bond donors (Lipinski definition) is 1. The van der Waals surface area contributed by atoms with Gasteiger partial charge in [0.25, 0.3) is 0 Å². The van der Waals surface area contributed by atoms with E-state index in [2.05, 4.69) is 35.1 Å². The maximum atomic E-state index is 14.2. The third-order valence-corrected chi connectivity index (χ3v) is 5.24. The molecular formula is C14H20BrClFNS. The summed E-state index contributed by atoms with van der Waals surface area (Å²) in [6.07, 6.45) is 2.16. The van der Waals surface area contributed by atoms with E-state index in [1.54, 1.807) is 0 Å². The third-order valence-electron chi connectivity index (χ3n) is 2.71. The van der Waals surface area contributed by atoms with E-state index in [4.69, 9.17) is 11.6 Å². The van der Waals surface area contributed by atoms with Gasteiger partial charge >= 0.3 is 0 Å². The number of halogens is 3. The number of hydrogen-bond acceptors (Lipinski definition) is 2. The van der Waals surface area contributed by atoms with Crippen molar-refractivity contribution in [2.45, 2.75) is 32.7 Å². The molecule has 1 aromatic carbocycles. The first-order chi connectivity index (χ1) is 9.11. The van der Waals surface area contributed by atoms with Gasteiger partial charge in [-0.2, -0.15) is 11.8 Å². The van der Waals surface area contributed by atoms with Crippen LogP contribution < -0.4 is 5.32 Å². The Labute approximate surface area is 132 Å². The van der Waals surface area contributed by atoms with Crippen molar-refractivity contribution in [2.75, 3.05) is 18.1 Å². The van der Waals surface area contributed by atoms with Crippen molar-refractivity contribution >= 4 is 39.3 Å². The van der Waals surface area contributed by atoms with E-state index in [0.717, 1.165) is 30.9 Å². The highest BCUT2D eigenvalue weighted by Crippen LogP contribution is 2.31. The minimum Gasteiger partial charge on any atom is -0.309 e. The van der Waals surface area contributed by atoms with E-state index >= 15 is 0 Å². The van der Waals surface area contributed by atoms with Crippen LogP contribution in [-0.4, -0.2) is 18.1 Å². The highest BCUT2D eigenvalue weighted by Gasteiger charge is 2.18. The summed E-state index contributed by atoms with van der Waals surface area (Å²) in [5.41, 5.74) is 0.658. The molecule has 0 radical (unpaired) electrons. The van der Waals surface area contributed by atoms with Crippen LogP contribution in [-0.2, 0) is 0 Å². The van der Waals surface area contributed by atoms with Crippen LogP contribution >= 0.6 is 39.3 Å². The first kappa shape index (κ1) is 17.3. The molecule has 1 atom stereocenters. The highest BCUT2D eigenvalue weighted by atomic mass is 79.9. The standard InChI is InChI=1S/C14H20BrClFNS/c1-3-7-18-12(9-19-8-4-2)10-5-6-11(15)13(16)14(10)17/h5-6,12,18H,3-4,7-9H2,1-2H3. The molecule has 0 heterocycles. The van der Waals surface area contributed by atoms with Gasteiger partial charge in [-0.25, -0.2) is 4.39 Å². The van der Waals surface area contributed by atoms with Crippen molar-refractivity contribution in [3.8, 4) is 0 Å². The first-order valence-corrected chi connectivity index (χ1v) is 8.88. The molecule has 1 unspecified atom stereocenters. The van der Waals surface area contributed by atoms with Gasteiger partial charge in [0, 0.05) is 21.8 Å². The molecule has 0 saturated heterocycles. The molecule has 0 amide bonds. The first-order valence-electron chi connectivity index (χ1n) is 6.56. The summed E-state index contributed by atoms with van der Waals surface area (Å²) in [4.78, 5) is 0. The van der Waals surface area contributed by atoms with Crippen molar-refractivity contribution in [3.63, 3.8) is 0 Å². The molecular weight excluding hydrogens is 349 g/mol. The molecule has 1 nitrogen and oxygen atoms in total. The molecule has 108 valence electrons. The molecule has 1 N–H and O–H groups in total. The predicted molar refractivity (Wildman–Crippen MR) is 87.8 cm³/mol. The van der Waals surface area contributed by atoms with Crippen LogP contribution in [0, 0.1) is 5.82 Å². The molecule has 19 heavy (non-hydrogen) atoms. The summed E-state index contributed by atoms with van der Waals surface area (Å²) < 4.78 is 14.8. The Bertz CT molecular complexity index is 403. The van der Waals surface area contributed by atoms with E-state index in [1.807, 2.05) is 23.9 Å². The Morgan fingerprint density at radius 3 is 2.74 bits per heavy atom. The van der Waals surface area contributed by atoms with Gasteiger partial charge in [-0.05, 0) is 47.1 Å². The van der Waals surface area contributed by atoms with Crippen molar-refractivity contribution in [2.24, 2.45) is 0 Å². The molecule has 0 aliphatic carbocycles. The lowest BCUT2D eigenvalue weighted by atomic mass is 10.1. The molecule has 1 rings (SSSR count). The average Bonchev–Trinajstić information content (AvgIpc) is 2.41. The summed E-state index contributed by atoms with van der Waals surface area (Å²) >= 11 is 11.1. The van der Waals surface area contributed by atoms with Crippen LogP contribution in [0.5, 0.6) is 0 Å². The minimum atomic E-state index is -0.318. The Balaban J connectivity index is 2.86. The zero-order valence-electron chi connectivity index (χ0n) is 11.3. The van der Waals surface area contributed by atoms with E-state index in [-0.39, 0.29) is 16.9 Å². The van der Waals surface area contributed by atoms with E-state index in [0.29, 0.717) is 10.0 Å². The van der Waals surface area contributed by atoms with Crippen molar-refractivity contribution in [1.29, 1.82) is 0 Å². The Morgan fingerprint density at radius 1 is 1.37 bits per heavy atom. The second-order valence-corrected chi connectivity index (χ2v) is 6.73. The predicted octanol–water partition coefficient (Wildman–Crippen LogP) is 5.43. The summed E-state index contributed by atoms with van der Waals surface area (Å²) in [5, 5.41) is 3.57. The number of thioether (sulfide) groups is 1. The van der Waals surface area contributed by atoms with Crippen LogP contribution in [0.2, 0.25) is 5.02 Å². The third kappa shape index (κ3) is 5.25. The van der Waals surface area contributed by atoms with Crippen LogP contribution in [0.3, 0.4) is 0 Å². The average molecular weight is 369 g/mol. The van der Waals surface area contributed by atoms with Crippen LogP contribution in [0.1, 0.15) is 38.3 Å². The fourth-order valence-corrected chi connectivity index (χ4v) is 3.20. The fourth-order valence-electron chi connectivity index (χ4n) is 1.73. The van der Waals surface area contributed by atoms with Gasteiger partial charge in [-0.3, -0.25) is 0 Å². The summed E-state index contributed by atoms with van der Waals surface area (Å²) in [6, 6.07) is 3.64. The SMILES string of the molecule is CCCNC(CSCCC)c1ccc(Br)c(Cl)c1F. The largest absolute Gasteiger partial charge is 0.309 e. The molecule has 0 saturated carbocycles. The van der Waals surface area contributed by atoms with Crippen LogP contribution in [0.4, 0.5) is 4.39 Å². The molecule has 0 spiro atoms. The smallest absolute Gasteiger partial charge is 0.147 e. The molecule has 0 aliphatic heterocycles. The molecule has 1 aromatic rings. The molecule has 0 fully saturated rings. The van der Waals surface area contributed by atoms with Gasteiger partial charge in [-0.15, -0.1) is 0 Å². The van der Waals surface area contributed by atoms with E-state index < -0.39 is 0 Å². The maximum absolute atomic E-state index is 14.2.